The second-order valence-electron chi connectivity index (χ2n) is 9.75. The van der Waals surface area contributed by atoms with Crippen LogP contribution in [0.15, 0.2) is 119 Å². The molecule has 0 aliphatic carbocycles. The first-order valence-electron chi connectivity index (χ1n) is 13.0. The predicted octanol–water partition coefficient (Wildman–Crippen LogP) is 5.80. The molecule has 4 aromatic carbocycles. The molecule has 2 N–H and O–H groups in total. The third-order valence-corrected chi connectivity index (χ3v) is 8.86. The Balaban J connectivity index is 1.75. The van der Waals surface area contributed by atoms with Crippen molar-refractivity contribution in [2.24, 2.45) is 0 Å². The molecule has 0 saturated carbocycles. The van der Waals surface area contributed by atoms with E-state index in [2.05, 4.69) is 9.82 Å². The summed E-state index contributed by atoms with van der Waals surface area (Å²) in [5.74, 6) is -1.47. The van der Waals surface area contributed by atoms with E-state index in [1.165, 1.54) is 10.7 Å². The molecule has 5 aromatic rings. The summed E-state index contributed by atoms with van der Waals surface area (Å²) in [6.07, 6.45) is 0. The van der Waals surface area contributed by atoms with E-state index in [1.807, 2.05) is 18.2 Å². The largest absolute Gasteiger partial charge is 0.295 e. The van der Waals surface area contributed by atoms with Gasteiger partial charge in [-0.2, -0.15) is 4.72 Å². The lowest BCUT2D eigenvalue weighted by Crippen LogP contribution is -2.46. The topological polar surface area (TPSA) is 101 Å². The van der Waals surface area contributed by atoms with Gasteiger partial charge in [0.15, 0.2) is 5.78 Å². The van der Waals surface area contributed by atoms with Crippen LogP contribution in [-0.2, 0) is 10.0 Å². The van der Waals surface area contributed by atoms with Crippen molar-refractivity contribution in [2.75, 3.05) is 0 Å². The number of nitrogens with zero attached hydrogens (tertiary/aromatic N) is 1. The second kappa shape index (κ2) is 11.7. The number of hydrogen-bond donors (Lipinski definition) is 2. The number of benzene rings is 4. The lowest BCUT2D eigenvalue weighted by Gasteiger charge is -2.27. The van der Waals surface area contributed by atoms with Gasteiger partial charge < -0.3 is 0 Å². The molecular formula is C32H28ClN3O4S. The van der Waals surface area contributed by atoms with Crippen molar-refractivity contribution in [1.82, 2.24) is 14.5 Å². The zero-order chi connectivity index (χ0) is 29.1. The van der Waals surface area contributed by atoms with Crippen molar-refractivity contribution in [3.8, 4) is 5.69 Å². The monoisotopic (exact) mass is 585 g/mol. The standard InChI is InChI=1S/C32H28ClN3O4S/c1-21-11-9-10-16-27(21)41(39,40)35-30(31(37)24-12-5-3-6-13-24)29(23-17-19-25(33)20-18-23)28-22(2)34-36(32(28)38)26-14-7-4-8-15-26/h3-20,29-30,34-35H,1-2H3/t29-,30+/m1/s1. The fourth-order valence-corrected chi connectivity index (χ4v) is 6.60. The quantitative estimate of drug-likeness (QED) is 0.214. The number of halogens is 1. The van der Waals surface area contributed by atoms with E-state index < -0.39 is 33.3 Å². The molecule has 0 saturated heterocycles. The van der Waals surface area contributed by atoms with Gasteiger partial charge in [-0.3, -0.25) is 14.7 Å². The van der Waals surface area contributed by atoms with Gasteiger partial charge in [-0.25, -0.2) is 13.1 Å². The molecule has 0 bridgehead atoms. The first kappa shape index (κ1) is 28.3. The molecule has 41 heavy (non-hydrogen) atoms. The Hall–Kier alpha value is -4.24. The zero-order valence-electron chi connectivity index (χ0n) is 22.4. The van der Waals surface area contributed by atoms with Crippen LogP contribution in [0.25, 0.3) is 5.69 Å². The third-order valence-electron chi connectivity index (χ3n) is 7.01. The van der Waals surface area contributed by atoms with Gasteiger partial charge in [-0.05, 0) is 55.3 Å². The molecule has 9 heteroatoms. The fourth-order valence-electron chi connectivity index (χ4n) is 5.02. The van der Waals surface area contributed by atoms with Crippen LogP contribution in [0.5, 0.6) is 0 Å². The first-order valence-corrected chi connectivity index (χ1v) is 14.8. The van der Waals surface area contributed by atoms with Crippen molar-refractivity contribution in [3.63, 3.8) is 0 Å². The van der Waals surface area contributed by atoms with Crippen LogP contribution in [0.1, 0.15) is 38.7 Å². The highest BCUT2D eigenvalue weighted by molar-refractivity contribution is 7.89. The number of carbonyl (C=O) groups excluding carboxylic acids is 1. The lowest BCUT2D eigenvalue weighted by molar-refractivity contribution is 0.0945. The number of aryl methyl sites for hydroxylation is 2. The maximum Gasteiger partial charge on any atom is 0.275 e. The van der Waals surface area contributed by atoms with Crippen LogP contribution in [0.4, 0.5) is 0 Å². The summed E-state index contributed by atoms with van der Waals surface area (Å²) in [7, 11) is -4.20. The van der Waals surface area contributed by atoms with Gasteiger partial charge in [0.1, 0.15) is 0 Å². The van der Waals surface area contributed by atoms with E-state index >= 15 is 0 Å². The molecule has 0 unspecified atom stereocenters. The maximum atomic E-state index is 14.2. The maximum absolute atomic E-state index is 14.2. The molecule has 0 amide bonds. The Kier molecular flexibility index (Phi) is 8.08. The number of Topliss-reactive ketones (excluding diaryl/α,β-unsaturated/α-hetero) is 1. The molecule has 0 radical (unpaired) electrons. The zero-order valence-corrected chi connectivity index (χ0v) is 24.0. The second-order valence-corrected chi connectivity index (χ2v) is 11.9. The van der Waals surface area contributed by atoms with E-state index in [-0.39, 0.29) is 10.5 Å². The first-order chi connectivity index (χ1) is 19.7. The van der Waals surface area contributed by atoms with E-state index in [4.69, 9.17) is 11.6 Å². The predicted molar refractivity (Wildman–Crippen MR) is 160 cm³/mol. The lowest BCUT2D eigenvalue weighted by atomic mass is 9.82. The molecule has 7 nitrogen and oxygen atoms in total. The summed E-state index contributed by atoms with van der Waals surface area (Å²) in [6.45, 7) is 3.42. The normalized spacial score (nSPS) is 13.0. The van der Waals surface area contributed by atoms with Crippen molar-refractivity contribution in [2.45, 2.75) is 30.7 Å². The molecule has 1 aromatic heterocycles. The van der Waals surface area contributed by atoms with Crippen molar-refractivity contribution in [1.29, 1.82) is 0 Å². The number of nitrogens with one attached hydrogen (secondary N) is 2. The van der Waals surface area contributed by atoms with Gasteiger partial charge in [-0.15, -0.1) is 0 Å². The van der Waals surface area contributed by atoms with E-state index in [9.17, 15) is 18.0 Å². The van der Waals surface area contributed by atoms with Gasteiger partial charge in [0.2, 0.25) is 10.0 Å². The third kappa shape index (κ3) is 5.81. The summed E-state index contributed by atoms with van der Waals surface area (Å²) in [6, 6.07) is 29.4. The molecule has 0 aliphatic rings. The van der Waals surface area contributed by atoms with Crippen LogP contribution in [0, 0.1) is 13.8 Å². The van der Waals surface area contributed by atoms with Crippen LogP contribution in [0.2, 0.25) is 5.02 Å². The number of sulfonamides is 1. The minimum atomic E-state index is -4.20. The molecule has 1 heterocycles. The number of para-hydroxylation sites is 1. The van der Waals surface area contributed by atoms with Gasteiger partial charge >= 0.3 is 0 Å². The molecule has 208 valence electrons. The van der Waals surface area contributed by atoms with Crippen molar-refractivity contribution < 1.29 is 13.2 Å². The van der Waals surface area contributed by atoms with Crippen LogP contribution in [-0.4, -0.2) is 30.0 Å². The molecule has 0 fully saturated rings. The van der Waals surface area contributed by atoms with Crippen molar-refractivity contribution in [3.05, 3.63) is 153 Å². The number of ketones is 1. The summed E-state index contributed by atoms with van der Waals surface area (Å²) in [5.41, 5.74) is 2.36. The number of rotatable bonds is 9. The van der Waals surface area contributed by atoms with Crippen LogP contribution < -0.4 is 10.3 Å². The van der Waals surface area contributed by atoms with Gasteiger partial charge in [0.05, 0.1) is 16.6 Å². The Morgan fingerprint density at radius 1 is 0.829 bits per heavy atom. The molecule has 0 spiro atoms. The number of carbonyl (C=O) groups is 1. The summed E-state index contributed by atoms with van der Waals surface area (Å²) in [4.78, 5) is 28.3. The van der Waals surface area contributed by atoms with Crippen LogP contribution in [0.3, 0.4) is 0 Å². The highest BCUT2D eigenvalue weighted by Gasteiger charge is 2.39. The van der Waals surface area contributed by atoms with Gasteiger partial charge in [0, 0.05) is 27.8 Å². The smallest absolute Gasteiger partial charge is 0.275 e. The minimum absolute atomic E-state index is 0.0493. The Morgan fingerprint density at radius 2 is 1.41 bits per heavy atom. The molecule has 5 rings (SSSR count). The molecular weight excluding hydrogens is 558 g/mol. The van der Waals surface area contributed by atoms with Gasteiger partial charge in [-0.1, -0.05) is 90.5 Å². The molecule has 2 atom stereocenters. The van der Waals surface area contributed by atoms with Crippen molar-refractivity contribution >= 4 is 27.4 Å². The van der Waals surface area contributed by atoms with Crippen LogP contribution >= 0.6 is 11.6 Å². The summed E-state index contributed by atoms with van der Waals surface area (Å²) >= 11 is 6.20. The average Bonchev–Trinajstić information content (AvgIpc) is 3.27. The number of aromatic amines is 1. The average molecular weight is 586 g/mol. The number of H-pyrrole nitrogens is 1. The number of aromatic nitrogens is 2. The molecule has 0 aliphatic heterocycles. The van der Waals surface area contributed by atoms with Gasteiger partial charge in [0.25, 0.3) is 5.56 Å². The van der Waals surface area contributed by atoms with E-state index in [0.29, 0.717) is 33.1 Å². The summed E-state index contributed by atoms with van der Waals surface area (Å²) in [5, 5.41) is 3.58. The Morgan fingerprint density at radius 3 is 2.05 bits per heavy atom. The Bertz CT molecular complexity index is 1850. The van der Waals surface area contributed by atoms with E-state index in [0.717, 1.165) is 0 Å². The van der Waals surface area contributed by atoms with E-state index in [1.54, 1.807) is 98.8 Å². The highest BCUT2D eigenvalue weighted by Crippen LogP contribution is 2.32. The minimum Gasteiger partial charge on any atom is -0.295 e. The summed E-state index contributed by atoms with van der Waals surface area (Å²) < 4.78 is 31.8. The SMILES string of the molecule is Cc1ccccc1S(=O)(=O)N[C@H](C(=O)c1ccccc1)[C@H](c1ccc(Cl)cc1)c1c(C)[nH]n(-c2ccccc2)c1=O. The fraction of sp³-hybridized carbons (Fsp3) is 0.125. The highest BCUT2D eigenvalue weighted by atomic mass is 35.5. The number of hydrogen-bond acceptors (Lipinski definition) is 4. The Labute approximate surface area is 243 Å².